The van der Waals surface area contributed by atoms with E-state index >= 15 is 0 Å². The quantitative estimate of drug-likeness (QED) is 0.555. The van der Waals surface area contributed by atoms with Gasteiger partial charge < -0.3 is 5.32 Å². The molecule has 3 N–H and O–H groups in total. The van der Waals surface area contributed by atoms with Crippen LogP contribution < -0.4 is 10.8 Å². The van der Waals surface area contributed by atoms with Gasteiger partial charge in [0.25, 0.3) is 5.91 Å². The smallest absolute Gasteiger partial charge is 0.262 e. The molecule has 1 aromatic heterocycles. The van der Waals surface area contributed by atoms with Crippen LogP contribution in [0.3, 0.4) is 0 Å². The molecule has 7 heteroatoms. The van der Waals surface area contributed by atoms with Crippen LogP contribution in [-0.2, 0) is 9.63 Å². The second kappa shape index (κ2) is 4.84. The number of carbonyl (C=O) groups excluding carboxylic acids is 1. The lowest BCUT2D eigenvalue weighted by molar-refractivity contribution is -0.129. The Hall–Kier alpha value is -2.07. The summed E-state index contributed by atoms with van der Waals surface area (Å²) in [7, 11) is 1.34. The zero-order valence-corrected chi connectivity index (χ0v) is 7.50. The lowest BCUT2D eigenvalue weighted by Crippen LogP contribution is -2.29. The van der Waals surface area contributed by atoms with Crippen molar-refractivity contribution in [2.75, 3.05) is 19.0 Å². The molecule has 0 aliphatic carbocycles. The zero-order chi connectivity index (χ0) is 10.4. The van der Waals surface area contributed by atoms with Gasteiger partial charge in [0, 0.05) is 0 Å². The number of hydroxylamine groups is 1. The molecule has 0 saturated carbocycles. The van der Waals surface area contributed by atoms with Crippen molar-refractivity contribution in [3.63, 3.8) is 0 Å². The van der Waals surface area contributed by atoms with Crippen molar-refractivity contribution in [1.29, 1.82) is 5.26 Å². The van der Waals surface area contributed by atoms with Crippen LogP contribution in [-0.4, -0.2) is 29.8 Å². The van der Waals surface area contributed by atoms with E-state index < -0.39 is 0 Å². The van der Waals surface area contributed by atoms with Crippen molar-refractivity contribution in [3.05, 3.63) is 11.8 Å². The van der Waals surface area contributed by atoms with E-state index in [4.69, 9.17) is 5.26 Å². The van der Waals surface area contributed by atoms with Gasteiger partial charge in [0.05, 0.1) is 19.9 Å². The van der Waals surface area contributed by atoms with Crippen molar-refractivity contribution < 1.29 is 9.63 Å². The molecular formula is C7H9N5O2. The summed E-state index contributed by atoms with van der Waals surface area (Å²) in [5.74, 6) is 0.0738. The van der Waals surface area contributed by atoms with Gasteiger partial charge in [-0.15, -0.1) is 0 Å². The van der Waals surface area contributed by atoms with Gasteiger partial charge in [-0.3, -0.25) is 14.7 Å². The molecule has 1 rings (SSSR count). The minimum atomic E-state index is -0.342. The molecule has 0 aromatic carbocycles. The van der Waals surface area contributed by atoms with E-state index in [1.807, 2.05) is 6.07 Å². The SMILES string of the molecule is CONC(=O)CNc1[nH]ncc1C#N. The van der Waals surface area contributed by atoms with Gasteiger partial charge in [-0.1, -0.05) is 0 Å². The van der Waals surface area contributed by atoms with Gasteiger partial charge in [-0.2, -0.15) is 10.4 Å². The third-order valence-electron chi connectivity index (χ3n) is 1.40. The second-order valence-corrected chi connectivity index (χ2v) is 2.35. The van der Waals surface area contributed by atoms with Crippen molar-refractivity contribution in [2.45, 2.75) is 0 Å². The second-order valence-electron chi connectivity index (χ2n) is 2.35. The van der Waals surface area contributed by atoms with Crippen LogP contribution in [0.25, 0.3) is 0 Å². The number of nitrogens with zero attached hydrogens (tertiary/aromatic N) is 2. The molecule has 0 aliphatic rings. The summed E-state index contributed by atoms with van der Waals surface area (Å²) in [6.07, 6.45) is 1.37. The number of amides is 1. The van der Waals surface area contributed by atoms with E-state index in [2.05, 4.69) is 25.8 Å². The maximum Gasteiger partial charge on any atom is 0.262 e. The van der Waals surface area contributed by atoms with Crippen LogP contribution in [0.2, 0.25) is 0 Å². The maximum atomic E-state index is 10.9. The molecule has 0 atom stereocenters. The number of carbonyl (C=O) groups is 1. The van der Waals surface area contributed by atoms with E-state index in [0.717, 1.165) is 0 Å². The number of nitrogens with one attached hydrogen (secondary N) is 3. The van der Waals surface area contributed by atoms with E-state index in [1.54, 1.807) is 0 Å². The summed E-state index contributed by atoms with van der Waals surface area (Å²) < 4.78 is 0. The zero-order valence-electron chi connectivity index (χ0n) is 7.50. The lowest BCUT2D eigenvalue weighted by atomic mass is 10.3. The summed E-state index contributed by atoms with van der Waals surface area (Å²) >= 11 is 0. The number of anilines is 1. The van der Waals surface area contributed by atoms with Gasteiger partial charge in [0.1, 0.15) is 17.5 Å². The molecular weight excluding hydrogens is 186 g/mol. The third kappa shape index (κ3) is 2.46. The Bertz CT molecular complexity index is 353. The normalized spacial score (nSPS) is 9.14. The highest BCUT2D eigenvalue weighted by Crippen LogP contribution is 2.07. The van der Waals surface area contributed by atoms with Crippen molar-refractivity contribution >= 4 is 11.7 Å². The number of aromatic amines is 1. The van der Waals surface area contributed by atoms with Crippen LogP contribution in [0, 0.1) is 11.3 Å². The van der Waals surface area contributed by atoms with Crippen LogP contribution in [0.4, 0.5) is 5.82 Å². The molecule has 0 bridgehead atoms. The number of hydrogen-bond acceptors (Lipinski definition) is 5. The van der Waals surface area contributed by atoms with Gasteiger partial charge in [0.15, 0.2) is 0 Å². The van der Waals surface area contributed by atoms with Crippen LogP contribution in [0.5, 0.6) is 0 Å². The number of aromatic nitrogens is 2. The van der Waals surface area contributed by atoms with Crippen molar-refractivity contribution in [2.24, 2.45) is 0 Å². The number of H-pyrrole nitrogens is 1. The molecule has 0 saturated heterocycles. The Labute approximate surface area is 80.0 Å². The molecule has 1 amide bonds. The van der Waals surface area contributed by atoms with Crippen molar-refractivity contribution in [3.8, 4) is 6.07 Å². The maximum absolute atomic E-state index is 10.9. The molecule has 0 aliphatic heterocycles. The topological polar surface area (TPSA) is 103 Å². The summed E-state index contributed by atoms with van der Waals surface area (Å²) in [4.78, 5) is 15.3. The van der Waals surface area contributed by atoms with Gasteiger partial charge in [-0.25, -0.2) is 5.48 Å². The first-order chi connectivity index (χ1) is 6.77. The molecule has 0 radical (unpaired) electrons. The van der Waals surface area contributed by atoms with E-state index in [0.29, 0.717) is 11.4 Å². The highest BCUT2D eigenvalue weighted by molar-refractivity contribution is 5.79. The highest BCUT2D eigenvalue weighted by Gasteiger charge is 2.05. The van der Waals surface area contributed by atoms with Crippen molar-refractivity contribution in [1.82, 2.24) is 15.7 Å². The minimum absolute atomic E-state index is 0.00468. The Kier molecular flexibility index (Phi) is 3.46. The predicted octanol–water partition coefficient (Wildman–Crippen LogP) is -0.629. The van der Waals surface area contributed by atoms with Gasteiger partial charge in [-0.05, 0) is 0 Å². The number of rotatable bonds is 4. The largest absolute Gasteiger partial charge is 0.360 e. The molecule has 74 valence electrons. The molecule has 0 fully saturated rings. The fourth-order valence-corrected chi connectivity index (χ4v) is 0.824. The van der Waals surface area contributed by atoms with E-state index in [9.17, 15) is 4.79 Å². The summed E-state index contributed by atoms with van der Waals surface area (Å²) in [5, 5.41) is 17.5. The average molecular weight is 195 g/mol. The summed E-state index contributed by atoms with van der Waals surface area (Å²) in [5.41, 5.74) is 2.48. The van der Waals surface area contributed by atoms with E-state index in [-0.39, 0.29) is 12.5 Å². The third-order valence-corrected chi connectivity index (χ3v) is 1.40. The fourth-order valence-electron chi connectivity index (χ4n) is 0.824. The molecule has 1 aromatic rings. The number of hydrogen-bond donors (Lipinski definition) is 3. The Morgan fingerprint density at radius 3 is 3.29 bits per heavy atom. The van der Waals surface area contributed by atoms with Crippen LogP contribution >= 0.6 is 0 Å². The first kappa shape index (κ1) is 10.0. The summed E-state index contributed by atoms with van der Waals surface area (Å²) in [6.45, 7) is 0.00468. The summed E-state index contributed by atoms with van der Waals surface area (Å²) in [6, 6.07) is 1.91. The molecule has 0 spiro atoms. The minimum Gasteiger partial charge on any atom is -0.360 e. The molecule has 1 heterocycles. The standard InChI is InChI=1S/C7H9N5O2/c1-14-12-6(13)4-9-7-5(2-8)3-10-11-7/h3H,4H2,1H3,(H,12,13)(H2,9,10,11). The monoisotopic (exact) mass is 195 g/mol. The fraction of sp³-hybridized carbons (Fsp3) is 0.286. The average Bonchev–Trinajstić information content (AvgIpc) is 2.62. The van der Waals surface area contributed by atoms with E-state index in [1.165, 1.54) is 13.3 Å². The van der Waals surface area contributed by atoms with Crippen LogP contribution in [0.1, 0.15) is 5.56 Å². The Balaban J connectivity index is 2.46. The lowest BCUT2D eigenvalue weighted by Gasteiger charge is -2.03. The van der Waals surface area contributed by atoms with Gasteiger partial charge >= 0.3 is 0 Å². The Morgan fingerprint density at radius 2 is 2.64 bits per heavy atom. The highest BCUT2D eigenvalue weighted by atomic mass is 16.6. The molecule has 14 heavy (non-hydrogen) atoms. The predicted molar refractivity (Wildman–Crippen MR) is 46.9 cm³/mol. The molecule has 0 unspecified atom stereocenters. The van der Waals surface area contributed by atoms with Crippen LogP contribution in [0.15, 0.2) is 6.20 Å². The first-order valence-corrected chi connectivity index (χ1v) is 3.77. The van der Waals surface area contributed by atoms with Gasteiger partial charge in [0.2, 0.25) is 0 Å². The Morgan fingerprint density at radius 1 is 1.86 bits per heavy atom. The molecule has 7 nitrogen and oxygen atoms in total. The number of nitriles is 1. The first-order valence-electron chi connectivity index (χ1n) is 3.77.